The second-order valence-corrected chi connectivity index (χ2v) is 5.59. The molecule has 18 heavy (non-hydrogen) atoms. The largest absolute Gasteiger partial charge is 0.435 e. The first-order valence-electron chi connectivity index (χ1n) is 5.92. The predicted molar refractivity (Wildman–Crippen MR) is 75.5 cm³/mol. The normalized spacial score (nSPS) is 10.3. The summed E-state index contributed by atoms with van der Waals surface area (Å²) in [7, 11) is -1.05. The van der Waals surface area contributed by atoms with Crippen molar-refractivity contribution in [2.24, 2.45) is 0 Å². The van der Waals surface area contributed by atoms with Crippen LogP contribution in [0.15, 0.2) is 60.7 Å². The molecule has 0 amide bonds. The fourth-order valence-electron chi connectivity index (χ4n) is 1.55. The van der Waals surface area contributed by atoms with Crippen molar-refractivity contribution in [3.05, 3.63) is 60.7 Å². The van der Waals surface area contributed by atoms with E-state index in [0.717, 1.165) is 10.6 Å². The zero-order valence-electron chi connectivity index (χ0n) is 10.2. The topological polar surface area (TPSA) is 26.3 Å². The van der Waals surface area contributed by atoms with Gasteiger partial charge in [0, 0.05) is 17.0 Å². The van der Waals surface area contributed by atoms with Crippen LogP contribution in [0, 0.1) is 0 Å². The number of rotatable bonds is 4. The van der Waals surface area contributed by atoms with Gasteiger partial charge in [0.05, 0.1) is 0 Å². The van der Waals surface area contributed by atoms with E-state index in [4.69, 9.17) is 4.52 Å². The summed E-state index contributed by atoms with van der Waals surface area (Å²) < 4.78 is 5.60. The van der Waals surface area contributed by atoms with Gasteiger partial charge in [0.2, 0.25) is 0 Å². The van der Waals surface area contributed by atoms with Crippen LogP contribution in [0.3, 0.4) is 0 Å². The van der Waals surface area contributed by atoms with Crippen molar-refractivity contribution in [1.82, 2.24) is 0 Å². The lowest BCUT2D eigenvalue weighted by Crippen LogP contribution is -2.16. The van der Waals surface area contributed by atoms with Gasteiger partial charge < -0.3 is 4.52 Å². The van der Waals surface area contributed by atoms with Gasteiger partial charge >= 0.3 is 5.97 Å². The average molecular weight is 258 g/mol. The molecule has 2 nitrogen and oxygen atoms in total. The molecule has 0 aliphatic rings. The molecule has 0 bridgehead atoms. The van der Waals surface area contributed by atoms with E-state index in [9.17, 15) is 4.79 Å². The standard InChI is InChI=1S/C15H15O2P/c1-2-15(16)17-18(13-9-5-3-6-10-13)14-11-7-4-8-12-14/h3-12H,2H2,1H3. The van der Waals surface area contributed by atoms with Crippen molar-refractivity contribution in [1.29, 1.82) is 0 Å². The third-order valence-corrected chi connectivity index (χ3v) is 4.38. The van der Waals surface area contributed by atoms with Crippen LogP contribution in [-0.2, 0) is 9.32 Å². The first-order valence-corrected chi connectivity index (χ1v) is 7.18. The summed E-state index contributed by atoms with van der Waals surface area (Å²) in [6, 6.07) is 19.8. The third-order valence-electron chi connectivity index (χ3n) is 2.46. The lowest BCUT2D eigenvalue weighted by Gasteiger charge is -2.17. The van der Waals surface area contributed by atoms with Crippen LogP contribution in [-0.4, -0.2) is 5.97 Å². The Balaban J connectivity index is 2.32. The predicted octanol–water partition coefficient (Wildman–Crippen LogP) is 2.99. The van der Waals surface area contributed by atoms with Gasteiger partial charge in [-0.25, -0.2) is 0 Å². The second kappa shape index (κ2) is 6.32. The maximum atomic E-state index is 11.6. The van der Waals surface area contributed by atoms with E-state index in [1.807, 2.05) is 67.6 Å². The summed E-state index contributed by atoms with van der Waals surface area (Å²) >= 11 is 0. The van der Waals surface area contributed by atoms with Gasteiger partial charge in [-0.3, -0.25) is 4.79 Å². The number of carbonyl (C=O) groups is 1. The van der Waals surface area contributed by atoms with E-state index in [-0.39, 0.29) is 5.97 Å². The molecule has 0 radical (unpaired) electrons. The molecule has 92 valence electrons. The monoisotopic (exact) mass is 258 g/mol. The maximum Gasteiger partial charge on any atom is 0.308 e. The van der Waals surface area contributed by atoms with Crippen LogP contribution < -0.4 is 10.6 Å². The van der Waals surface area contributed by atoms with E-state index in [1.165, 1.54) is 0 Å². The summed E-state index contributed by atoms with van der Waals surface area (Å²) in [5.41, 5.74) is 0. The van der Waals surface area contributed by atoms with Gasteiger partial charge in [-0.2, -0.15) is 0 Å². The molecule has 0 atom stereocenters. The van der Waals surface area contributed by atoms with Crippen LogP contribution in [0.25, 0.3) is 0 Å². The first kappa shape index (κ1) is 12.8. The molecule has 0 aromatic heterocycles. The molecule has 0 heterocycles. The average Bonchev–Trinajstić information content (AvgIpc) is 2.46. The van der Waals surface area contributed by atoms with Crippen molar-refractivity contribution in [3.8, 4) is 0 Å². The van der Waals surface area contributed by atoms with E-state index >= 15 is 0 Å². The fraction of sp³-hybridized carbons (Fsp3) is 0.133. The van der Waals surface area contributed by atoms with Gasteiger partial charge in [-0.05, 0) is 0 Å². The van der Waals surface area contributed by atoms with Crippen molar-refractivity contribution in [2.75, 3.05) is 0 Å². The number of hydrogen-bond donors (Lipinski definition) is 0. The molecule has 0 unspecified atom stereocenters. The fourth-order valence-corrected chi connectivity index (χ4v) is 3.28. The lowest BCUT2D eigenvalue weighted by molar-refractivity contribution is -0.133. The number of hydrogen-bond acceptors (Lipinski definition) is 2. The van der Waals surface area contributed by atoms with Gasteiger partial charge in [-0.1, -0.05) is 67.6 Å². The molecule has 2 rings (SSSR count). The van der Waals surface area contributed by atoms with E-state index < -0.39 is 8.15 Å². The summed E-state index contributed by atoms with van der Waals surface area (Å²) in [6.45, 7) is 1.81. The SMILES string of the molecule is CCC(=O)OP(c1ccccc1)c1ccccc1. The van der Waals surface area contributed by atoms with Crippen LogP contribution in [0.1, 0.15) is 13.3 Å². The Morgan fingerprint density at radius 1 is 0.944 bits per heavy atom. The summed E-state index contributed by atoms with van der Waals surface area (Å²) in [5.74, 6) is -0.159. The molecule has 0 saturated heterocycles. The molecule has 0 N–H and O–H groups in total. The third kappa shape index (κ3) is 3.18. The highest BCUT2D eigenvalue weighted by atomic mass is 31.1. The Kier molecular flexibility index (Phi) is 4.49. The zero-order chi connectivity index (χ0) is 12.8. The molecular formula is C15H15O2P. The quantitative estimate of drug-likeness (QED) is 0.788. The van der Waals surface area contributed by atoms with Crippen LogP contribution in [0.2, 0.25) is 0 Å². The van der Waals surface area contributed by atoms with Crippen molar-refractivity contribution in [2.45, 2.75) is 13.3 Å². The van der Waals surface area contributed by atoms with Gasteiger partial charge in [0.25, 0.3) is 0 Å². The maximum absolute atomic E-state index is 11.6. The summed E-state index contributed by atoms with van der Waals surface area (Å²) in [4.78, 5) is 11.6. The van der Waals surface area contributed by atoms with Crippen LogP contribution >= 0.6 is 8.15 Å². The summed E-state index contributed by atoms with van der Waals surface area (Å²) in [6.07, 6.45) is 0.401. The highest BCUT2D eigenvalue weighted by molar-refractivity contribution is 7.69. The van der Waals surface area contributed by atoms with Gasteiger partial charge in [0.15, 0.2) is 8.15 Å². The van der Waals surface area contributed by atoms with E-state index in [2.05, 4.69) is 0 Å². The lowest BCUT2D eigenvalue weighted by atomic mass is 10.4. The number of benzene rings is 2. The highest BCUT2D eigenvalue weighted by Gasteiger charge is 2.18. The Hall–Kier alpha value is -1.66. The zero-order valence-corrected chi connectivity index (χ0v) is 11.1. The Morgan fingerprint density at radius 2 is 1.39 bits per heavy atom. The minimum absolute atomic E-state index is 0.159. The molecule has 0 aliphatic heterocycles. The molecular weight excluding hydrogens is 243 g/mol. The first-order chi connectivity index (χ1) is 8.81. The van der Waals surface area contributed by atoms with Crippen molar-refractivity contribution < 1.29 is 9.32 Å². The van der Waals surface area contributed by atoms with E-state index in [0.29, 0.717) is 6.42 Å². The molecule has 2 aromatic carbocycles. The van der Waals surface area contributed by atoms with E-state index in [1.54, 1.807) is 0 Å². The van der Waals surface area contributed by atoms with Crippen LogP contribution in [0.4, 0.5) is 0 Å². The minimum atomic E-state index is -1.05. The highest BCUT2D eigenvalue weighted by Crippen LogP contribution is 2.35. The number of carbonyl (C=O) groups excluding carboxylic acids is 1. The minimum Gasteiger partial charge on any atom is -0.435 e. The Labute approximate surface area is 108 Å². The molecule has 0 aliphatic carbocycles. The van der Waals surface area contributed by atoms with Gasteiger partial charge in [0.1, 0.15) is 0 Å². The second-order valence-electron chi connectivity index (χ2n) is 3.78. The Bertz CT molecular complexity index is 457. The van der Waals surface area contributed by atoms with Crippen LogP contribution in [0.5, 0.6) is 0 Å². The van der Waals surface area contributed by atoms with Crippen molar-refractivity contribution in [3.63, 3.8) is 0 Å². The van der Waals surface area contributed by atoms with Gasteiger partial charge in [-0.15, -0.1) is 0 Å². The molecule has 3 heteroatoms. The Morgan fingerprint density at radius 3 is 1.78 bits per heavy atom. The van der Waals surface area contributed by atoms with Crippen molar-refractivity contribution >= 4 is 24.7 Å². The summed E-state index contributed by atoms with van der Waals surface area (Å²) in [5, 5.41) is 2.11. The molecule has 0 saturated carbocycles. The molecule has 0 spiro atoms. The molecule has 0 fully saturated rings. The molecule has 2 aromatic rings. The smallest absolute Gasteiger partial charge is 0.308 e.